The third kappa shape index (κ3) is 2.65. The minimum Gasteiger partial charge on any atom is -0.377 e. The fourth-order valence-corrected chi connectivity index (χ4v) is 1.88. The molecule has 1 aromatic rings. The van der Waals surface area contributed by atoms with Crippen molar-refractivity contribution in [3.05, 3.63) is 5.69 Å². The molecular formula is C9H18N4S. The third-order valence-corrected chi connectivity index (χ3v) is 3.06. The van der Waals surface area contributed by atoms with Crippen molar-refractivity contribution in [2.24, 2.45) is 0 Å². The van der Waals surface area contributed by atoms with Crippen LogP contribution in [0.5, 0.6) is 0 Å². The molecule has 0 aliphatic rings. The Hall–Kier alpha value is -0.680. The van der Waals surface area contributed by atoms with Crippen LogP contribution in [0.25, 0.3) is 0 Å². The van der Waals surface area contributed by atoms with Crippen LogP contribution in [0.3, 0.4) is 0 Å². The smallest absolute Gasteiger partial charge is 0.134 e. The molecule has 0 bridgehead atoms. The summed E-state index contributed by atoms with van der Waals surface area (Å²) in [6, 6.07) is 0.548. The molecule has 0 fully saturated rings. The van der Waals surface area contributed by atoms with Crippen LogP contribution in [-0.2, 0) is 6.54 Å². The molecule has 0 atom stereocenters. The number of anilines is 1. The normalized spacial score (nSPS) is 11.3. The number of rotatable bonds is 5. The van der Waals surface area contributed by atoms with Crippen LogP contribution in [0, 0.1) is 0 Å². The van der Waals surface area contributed by atoms with E-state index >= 15 is 0 Å². The molecule has 0 aliphatic carbocycles. The van der Waals surface area contributed by atoms with Crippen molar-refractivity contribution >= 4 is 16.5 Å². The Labute approximate surface area is 89.5 Å². The highest BCUT2D eigenvalue weighted by atomic mass is 32.1. The molecule has 1 N–H and O–H groups in total. The van der Waals surface area contributed by atoms with Gasteiger partial charge in [0.15, 0.2) is 0 Å². The molecule has 0 spiro atoms. The zero-order valence-electron chi connectivity index (χ0n) is 9.24. The molecule has 0 radical (unpaired) electrons. The second-order valence-corrected chi connectivity index (χ2v) is 4.21. The van der Waals surface area contributed by atoms with Gasteiger partial charge in [-0.1, -0.05) is 11.4 Å². The minimum atomic E-state index is 0.548. The van der Waals surface area contributed by atoms with Crippen LogP contribution >= 0.6 is 11.5 Å². The van der Waals surface area contributed by atoms with E-state index < -0.39 is 0 Å². The van der Waals surface area contributed by atoms with E-state index in [0.717, 1.165) is 23.8 Å². The Morgan fingerprint density at radius 3 is 2.71 bits per heavy atom. The molecule has 0 aromatic carbocycles. The van der Waals surface area contributed by atoms with Gasteiger partial charge in [0.2, 0.25) is 0 Å². The van der Waals surface area contributed by atoms with Crippen molar-refractivity contribution in [1.82, 2.24) is 14.5 Å². The quantitative estimate of drug-likeness (QED) is 0.811. The third-order valence-electron chi connectivity index (χ3n) is 2.27. The van der Waals surface area contributed by atoms with Crippen LogP contribution < -0.4 is 5.32 Å². The number of aromatic nitrogens is 2. The van der Waals surface area contributed by atoms with E-state index in [-0.39, 0.29) is 0 Å². The molecule has 1 aromatic heterocycles. The molecule has 1 rings (SSSR count). The lowest BCUT2D eigenvalue weighted by Gasteiger charge is -2.23. The topological polar surface area (TPSA) is 41.1 Å². The van der Waals surface area contributed by atoms with Crippen molar-refractivity contribution < 1.29 is 0 Å². The van der Waals surface area contributed by atoms with Gasteiger partial charge in [-0.2, -0.15) is 0 Å². The molecule has 80 valence electrons. The maximum absolute atomic E-state index is 4.12. The van der Waals surface area contributed by atoms with Crippen molar-refractivity contribution in [3.63, 3.8) is 0 Å². The van der Waals surface area contributed by atoms with Crippen LogP contribution in [0.1, 0.15) is 26.5 Å². The van der Waals surface area contributed by atoms with E-state index in [1.807, 2.05) is 7.05 Å². The lowest BCUT2D eigenvalue weighted by Crippen LogP contribution is -2.30. The summed E-state index contributed by atoms with van der Waals surface area (Å²) in [4.78, 5) is 2.36. The second-order valence-electron chi connectivity index (χ2n) is 3.46. The minimum absolute atomic E-state index is 0.548. The molecular weight excluding hydrogens is 196 g/mol. The van der Waals surface area contributed by atoms with Gasteiger partial charge >= 0.3 is 0 Å². The number of hydrogen-bond acceptors (Lipinski definition) is 5. The summed E-state index contributed by atoms with van der Waals surface area (Å²) in [5.41, 5.74) is 1.05. The summed E-state index contributed by atoms with van der Waals surface area (Å²) in [5.74, 6) is 0. The fourth-order valence-electron chi connectivity index (χ4n) is 1.35. The van der Waals surface area contributed by atoms with E-state index in [4.69, 9.17) is 0 Å². The van der Waals surface area contributed by atoms with Crippen molar-refractivity contribution in [2.75, 3.05) is 18.9 Å². The predicted octanol–water partition coefficient (Wildman–Crippen LogP) is 1.81. The van der Waals surface area contributed by atoms with Crippen LogP contribution in [0.15, 0.2) is 0 Å². The molecule has 14 heavy (non-hydrogen) atoms. The lowest BCUT2D eigenvalue weighted by molar-refractivity contribution is 0.222. The highest BCUT2D eigenvalue weighted by molar-refractivity contribution is 7.10. The first-order valence-corrected chi connectivity index (χ1v) is 5.69. The SMILES string of the molecule is CCN(Cc1nnsc1NC)C(C)C. The van der Waals surface area contributed by atoms with Gasteiger partial charge in [-0.25, -0.2) is 0 Å². The fraction of sp³-hybridized carbons (Fsp3) is 0.778. The highest BCUT2D eigenvalue weighted by Gasteiger charge is 2.12. The Bertz CT molecular complexity index is 272. The molecule has 5 heteroatoms. The molecule has 1 heterocycles. The highest BCUT2D eigenvalue weighted by Crippen LogP contribution is 2.18. The zero-order valence-corrected chi connectivity index (χ0v) is 10.1. The van der Waals surface area contributed by atoms with Crippen molar-refractivity contribution in [1.29, 1.82) is 0 Å². The average Bonchev–Trinajstić information content (AvgIpc) is 2.60. The average molecular weight is 214 g/mol. The van der Waals surface area contributed by atoms with E-state index in [9.17, 15) is 0 Å². The van der Waals surface area contributed by atoms with Crippen LogP contribution in [0.4, 0.5) is 5.00 Å². The summed E-state index contributed by atoms with van der Waals surface area (Å²) in [6.45, 7) is 8.47. The summed E-state index contributed by atoms with van der Waals surface area (Å²) >= 11 is 1.41. The van der Waals surface area contributed by atoms with E-state index in [2.05, 4.69) is 40.6 Å². The maximum atomic E-state index is 4.12. The molecule has 0 saturated heterocycles. The van der Waals surface area contributed by atoms with Gasteiger partial charge in [-0.05, 0) is 20.4 Å². The molecule has 0 aliphatic heterocycles. The molecule has 4 nitrogen and oxygen atoms in total. The van der Waals surface area contributed by atoms with E-state index in [1.165, 1.54) is 11.5 Å². The van der Waals surface area contributed by atoms with Gasteiger partial charge in [0.05, 0.1) is 0 Å². The van der Waals surface area contributed by atoms with E-state index in [1.54, 1.807) is 0 Å². The van der Waals surface area contributed by atoms with Crippen molar-refractivity contribution in [3.8, 4) is 0 Å². The number of nitrogens with one attached hydrogen (secondary N) is 1. The van der Waals surface area contributed by atoms with Crippen molar-refractivity contribution in [2.45, 2.75) is 33.4 Å². The Kier molecular flexibility index (Phi) is 4.28. The largest absolute Gasteiger partial charge is 0.377 e. The summed E-state index contributed by atoms with van der Waals surface area (Å²) in [7, 11) is 1.91. The van der Waals surface area contributed by atoms with Gasteiger partial charge in [-0.15, -0.1) is 5.10 Å². The first-order valence-electron chi connectivity index (χ1n) is 4.92. The van der Waals surface area contributed by atoms with Gasteiger partial charge in [0.25, 0.3) is 0 Å². The first kappa shape index (κ1) is 11.4. The lowest BCUT2D eigenvalue weighted by atomic mass is 10.3. The van der Waals surface area contributed by atoms with Crippen LogP contribution in [-0.4, -0.2) is 34.1 Å². The van der Waals surface area contributed by atoms with Gasteiger partial charge in [0.1, 0.15) is 10.7 Å². The van der Waals surface area contributed by atoms with E-state index in [0.29, 0.717) is 6.04 Å². The monoisotopic (exact) mass is 214 g/mol. The van der Waals surface area contributed by atoms with Gasteiger partial charge < -0.3 is 5.32 Å². The maximum Gasteiger partial charge on any atom is 0.134 e. The molecule has 0 saturated carbocycles. The number of hydrogen-bond donors (Lipinski definition) is 1. The van der Waals surface area contributed by atoms with Crippen LogP contribution in [0.2, 0.25) is 0 Å². The molecule has 0 unspecified atom stereocenters. The van der Waals surface area contributed by atoms with Gasteiger partial charge in [-0.3, -0.25) is 4.90 Å². The first-order chi connectivity index (χ1) is 6.69. The Balaban J connectivity index is 2.66. The number of nitrogens with zero attached hydrogens (tertiary/aromatic N) is 3. The second kappa shape index (κ2) is 5.26. The predicted molar refractivity (Wildman–Crippen MR) is 60.7 cm³/mol. The Morgan fingerprint density at radius 2 is 2.21 bits per heavy atom. The summed E-state index contributed by atoms with van der Waals surface area (Å²) in [5, 5.41) is 8.31. The zero-order chi connectivity index (χ0) is 10.6. The van der Waals surface area contributed by atoms with Gasteiger partial charge in [0, 0.05) is 31.2 Å². The standard InChI is InChI=1S/C9H18N4S/c1-5-13(7(2)3)6-8-9(10-4)14-12-11-8/h7,10H,5-6H2,1-4H3. The Morgan fingerprint density at radius 1 is 1.50 bits per heavy atom. The molecule has 0 amide bonds. The summed E-state index contributed by atoms with van der Waals surface area (Å²) < 4.78 is 3.94. The summed E-state index contributed by atoms with van der Waals surface area (Å²) in [6.07, 6.45) is 0.